The molecule has 0 fully saturated rings. The second-order valence-corrected chi connectivity index (χ2v) is 9.01. The van der Waals surface area contributed by atoms with Gasteiger partial charge in [0.2, 0.25) is 0 Å². The first-order chi connectivity index (χ1) is 12.3. The molecule has 0 N–H and O–H groups in total. The van der Waals surface area contributed by atoms with Gasteiger partial charge in [0, 0.05) is 16.4 Å². The van der Waals surface area contributed by atoms with Crippen molar-refractivity contribution in [1.29, 1.82) is 0 Å². The van der Waals surface area contributed by atoms with E-state index in [1.807, 2.05) is 37.2 Å². The van der Waals surface area contributed by atoms with Gasteiger partial charge in [0.15, 0.2) is 0 Å². The molecule has 1 heterocycles. The molecule has 0 radical (unpaired) electrons. The third kappa shape index (κ3) is 3.51. The predicted octanol–water partition coefficient (Wildman–Crippen LogP) is 3.89. The smallest absolute Gasteiger partial charge is 0.268 e. The molecule has 0 aliphatic rings. The zero-order valence-electron chi connectivity index (χ0n) is 14.9. The third-order valence-electron chi connectivity index (χ3n) is 4.14. The third-order valence-corrected chi connectivity index (χ3v) is 6.49. The lowest BCUT2D eigenvalue weighted by atomic mass is 10.2. The summed E-state index contributed by atoms with van der Waals surface area (Å²) in [5.41, 5.74) is 1.20. The molecule has 0 saturated carbocycles. The summed E-state index contributed by atoms with van der Waals surface area (Å²) >= 11 is 3.34. The van der Waals surface area contributed by atoms with E-state index in [1.165, 1.54) is 3.97 Å². The fraction of sp³-hybridized carbons (Fsp3) is 0.263. The Morgan fingerprint density at radius 3 is 2.38 bits per heavy atom. The Bertz CT molecular complexity index is 1020. The lowest BCUT2D eigenvalue weighted by Gasteiger charge is -2.12. The van der Waals surface area contributed by atoms with Crippen LogP contribution in [0.15, 0.2) is 57.9 Å². The van der Waals surface area contributed by atoms with Crippen LogP contribution in [-0.4, -0.2) is 44.5 Å². The Balaban J connectivity index is 2.14. The first kappa shape index (κ1) is 18.9. The van der Waals surface area contributed by atoms with Crippen LogP contribution in [0.5, 0.6) is 5.75 Å². The van der Waals surface area contributed by atoms with Gasteiger partial charge in [-0.05, 0) is 57.4 Å². The number of benzene rings is 2. The van der Waals surface area contributed by atoms with Gasteiger partial charge in [0.25, 0.3) is 10.0 Å². The largest absolute Gasteiger partial charge is 0.490 e. The molecule has 0 spiro atoms. The van der Waals surface area contributed by atoms with Crippen LogP contribution in [0.3, 0.4) is 0 Å². The molecule has 0 aliphatic heterocycles. The van der Waals surface area contributed by atoms with Gasteiger partial charge in [-0.1, -0.05) is 28.1 Å². The average Bonchev–Trinajstić information content (AvgIpc) is 2.87. The van der Waals surface area contributed by atoms with Crippen molar-refractivity contribution in [2.24, 2.45) is 0 Å². The van der Waals surface area contributed by atoms with Gasteiger partial charge >= 0.3 is 0 Å². The van der Waals surface area contributed by atoms with E-state index in [1.54, 1.807) is 37.3 Å². The summed E-state index contributed by atoms with van der Waals surface area (Å²) in [5.74, 6) is 0.614. The number of rotatable bonds is 6. The van der Waals surface area contributed by atoms with Crippen LogP contribution in [0.1, 0.15) is 5.69 Å². The molecular weight excluding hydrogens is 416 g/mol. The van der Waals surface area contributed by atoms with E-state index in [0.717, 1.165) is 16.4 Å². The second kappa shape index (κ2) is 7.42. The SMILES string of the molecule is Cc1c(OCCN(C)C)c2ccccc2n1S(=O)(=O)c1ccc(Br)cc1. The topological polar surface area (TPSA) is 51.5 Å². The van der Waals surface area contributed by atoms with Crippen molar-refractivity contribution in [3.63, 3.8) is 0 Å². The Labute approximate surface area is 162 Å². The molecule has 138 valence electrons. The average molecular weight is 437 g/mol. The minimum Gasteiger partial charge on any atom is -0.490 e. The van der Waals surface area contributed by atoms with Crippen molar-refractivity contribution < 1.29 is 13.2 Å². The molecule has 5 nitrogen and oxygen atoms in total. The van der Waals surface area contributed by atoms with Crippen molar-refractivity contribution in [1.82, 2.24) is 8.87 Å². The van der Waals surface area contributed by atoms with Gasteiger partial charge in [-0.3, -0.25) is 0 Å². The molecule has 0 atom stereocenters. The molecule has 2 aromatic carbocycles. The second-order valence-electron chi connectivity index (χ2n) is 6.31. The van der Waals surface area contributed by atoms with Crippen molar-refractivity contribution in [3.05, 3.63) is 58.7 Å². The Morgan fingerprint density at radius 1 is 1.08 bits per heavy atom. The monoisotopic (exact) mass is 436 g/mol. The van der Waals surface area contributed by atoms with Gasteiger partial charge in [-0.15, -0.1) is 0 Å². The summed E-state index contributed by atoms with van der Waals surface area (Å²) in [7, 11) is 0.211. The number of aromatic nitrogens is 1. The molecule has 0 amide bonds. The van der Waals surface area contributed by atoms with Crippen LogP contribution in [0.2, 0.25) is 0 Å². The van der Waals surface area contributed by atoms with E-state index in [2.05, 4.69) is 15.9 Å². The van der Waals surface area contributed by atoms with Crippen LogP contribution in [0.4, 0.5) is 0 Å². The van der Waals surface area contributed by atoms with Gasteiger partial charge < -0.3 is 9.64 Å². The van der Waals surface area contributed by atoms with E-state index in [4.69, 9.17) is 4.74 Å². The fourth-order valence-corrected chi connectivity index (χ4v) is 4.66. The molecule has 0 bridgehead atoms. The molecule has 1 aromatic heterocycles. The van der Waals surface area contributed by atoms with Crippen molar-refractivity contribution in [3.8, 4) is 5.75 Å². The first-order valence-electron chi connectivity index (χ1n) is 8.21. The highest BCUT2D eigenvalue weighted by Gasteiger charge is 2.25. The number of para-hydroxylation sites is 1. The van der Waals surface area contributed by atoms with Gasteiger partial charge in [0.05, 0.1) is 16.1 Å². The summed E-state index contributed by atoms with van der Waals surface area (Å²) in [6.45, 7) is 3.01. The zero-order valence-corrected chi connectivity index (χ0v) is 17.3. The highest BCUT2D eigenvalue weighted by atomic mass is 79.9. The van der Waals surface area contributed by atoms with E-state index in [0.29, 0.717) is 23.6 Å². The highest BCUT2D eigenvalue weighted by molar-refractivity contribution is 9.10. The highest BCUT2D eigenvalue weighted by Crippen LogP contribution is 2.35. The van der Waals surface area contributed by atoms with Crippen LogP contribution >= 0.6 is 15.9 Å². The summed E-state index contributed by atoms with van der Waals surface area (Å²) in [5, 5.41) is 0.796. The molecule has 3 aromatic rings. The summed E-state index contributed by atoms with van der Waals surface area (Å²) in [4.78, 5) is 2.26. The quantitative estimate of drug-likeness (QED) is 0.587. The molecule has 26 heavy (non-hydrogen) atoms. The number of fused-ring (bicyclic) bond motifs is 1. The maximum Gasteiger partial charge on any atom is 0.268 e. The lowest BCUT2D eigenvalue weighted by Crippen LogP contribution is -2.20. The molecular formula is C19H21BrN2O3S. The van der Waals surface area contributed by atoms with Crippen LogP contribution in [0, 0.1) is 6.92 Å². The summed E-state index contributed by atoms with van der Waals surface area (Å²) in [6.07, 6.45) is 0. The molecule has 7 heteroatoms. The maximum absolute atomic E-state index is 13.3. The van der Waals surface area contributed by atoms with Crippen molar-refractivity contribution in [2.45, 2.75) is 11.8 Å². The Morgan fingerprint density at radius 2 is 1.73 bits per heavy atom. The standard InChI is InChI=1S/C19H21BrN2O3S/c1-14-19(25-13-12-21(2)3)17-6-4-5-7-18(17)22(14)26(23,24)16-10-8-15(20)9-11-16/h4-11H,12-13H2,1-3H3. The number of halogens is 1. The molecule has 0 unspecified atom stereocenters. The van der Waals surface area contributed by atoms with Gasteiger partial charge in [-0.25, -0.2) is 12.4 Å². The number of hydrogen-bond acceptors (Lipinski definition) is 4. The Hall–Kier alpha value is -1.83. The molecule has 3 rings (SSSR count). The van der Waals surface area contributed by atoms with E-state index >= 15 is 0 Å². The minimum atomic E-state index is -3.73. The van der Waals surface area contributed by atoms with E-state index in [9.17, 15) is 8.42 Å². The molecule has 0 aliphatic carbocycles. The summed E-state index contributed by atoms with van der Waals surface area (Å²) < 4.78 is 34.7. The zero-order chi connectivity index (χ0) is 18.9. The van der Waals surface area contributed by atoms with Crippen LogP contribution in [-0.2, 0) is 10.0 Å². The minimum absolute atomic E-state index is 0.240. The maximum atomic E-state index is 13.3. The predicted molar refractivity (Wildman–Crippen MR) is 107 cm³/mol. The Kier molecular flexibility index (Phi) is 5.41. The summed E-state index contributed by atoms with van der Waals surface area (Å²) in [6, 6.07) is 14.1. The lowest BCUT2D eigenvalue weighted by molar-refractivity contribution is 0.262. The van der Waals surface area contributed by atoms with Crippen LogP contribution in [0.25, 0.3) is 10.9 Å². The van der Waals surface area contributed by atoms with Crippen LogP contribution < -0.4 is 4.74 Å². The van der Waals surface area contributed by atoms with Crippen molar-refractivity contribution >= 4 is 36.9 Å². The van der Waals surface area contributed by atoms with E-state index < -0.39 is 10.0 Å². The normalized spacial score (nSPS) is 12.0. The van der Waals surface area contributed by atoms with Crippen molar-refractivity contribution in [2.75, 3.05) is 27.2 Å². The number of likely N-dealkylation sites (N-methyl/N-ethyl adjacent to an activating group) is 1. The fourth-order valence-electron chi connectivity index (χ4n) is 2.84. The number of ether oxygens (including phenoxy) is 1. The van der Waals surface area contributed by atoms with E-state index in [-0.39, 0.29) is 4.90 Å². The van der Waals surface area contributed by atoms with Gasteiger partial charge in [-0.2, -0.15) is 0 Å². The number of hydrogen-bond donors (Lipinski definition) is 0. The first-order valence-corrected chi connectivity index (χ1v) is 10.4. The van der Waals surface area contributed by atoms with Gasteiger partial charge in [0.1, 0.15) is 12.4 Å². The number of nitrogens with zero attached hydrogens (tertiary/aromatic N) is 2. The molecule has 0 saturated heterocycles.